The molecule has 1 amide bonds. The van der Waals surface area contributed by atoms with Gasteiger partial charge in [0.1, 0.15) is 5.82 Å². The van der Waals surface area contributed by atoms with Crippen LogP contribution in [0.4, 0.5) is 4.39 Å². The molecule has 1 aromatic carbocycles. The Bertz CT molecular complexity index is 749. The zero-order chi connectivity index (χ0) is 15.8. The third kappa shape index (κ3) is 2.51. The molecule has 2 fully saturated rings. The summed E-state index contributed by atoms with van der Waals surface area (Å²) < 4.78 is 13.9. The number of hydrogen-bond donors (Lipinski definition) is 1. The van der Waals surface area contributed by atoms with Gasteiger partial charge in [0.15, 0.2) is 0 Å². The molecule has 0 bridgehead atoms. The fraction of sp³-hybridized carbons (Fsp3) is 0.333. The van der Waals surface area contributed by atoms with Gasteiger partial charge in [0.2, 0.25) is 0 Å². The lowest BCUT2D eigenvalue weighted by molar-refractivity contribution is 0.0737. The molecule has 0 saturated carbocycles. The predicted octanol–water partition coefficient (Wildman–Crippen LogP) is 2.32. The SMILES string of the molecule is O=C(c1cccc(-c2ccncc2F)c1)N1CC[C@H]2CNC[C@H]21. The lowest BCUT2D eigenvalue weighted by Crippen LogP contribution is -2.39. The molecule has 2 atom stereocenters. The number of fused-ring (bicyclic) bond motifs is 1. The van der Waals surface area contributed by atoms with Crippen LogP contribution in [0.2, 0.25) is 0 Å². The van der Waals surface area contributed by atoms with Gasteiger partial charge in [0, 0.05) is 43.0 Å². The number of nitrogens with zero attached hydrogens (tertiary/aromatic N) is 2. The molecule has 0 radical (unpaired) electrons. The van der Waals surface area contributed by atoms with Crippen LogP contribution < -0.4 is 5.32 Å². The second-order valence-corrected chi connectivity index (χ2v) is 6.21. The van der Waals surface area contributed by atoms with Gasteiger partial charge in [0.05, 0.1) is 6.20 Å². The molecular weight excluding hydrogens is 293 g/mol. The number of likely N-dealkylation sites (tertiary alicyclic amines) is 1. The summed E-state index contributed by atoms with van der Waals surface area (Å²) in [4.78, 5) is 18.6. The number of rotatable bonds is 2. The van der Waals surface area contributed by atoms with Gasteiger partial charge in [-0.05, 0) is 36.1 Å². The Balaban J connectivity index is 1.64. The van der Waals surface area contributed by atoms with E-state index in [0.717, 1.165) is 26.1 Å². The van der Waals surface area contributed by atoms with Crippen LogP contribution in [0.25, 0.3) is 11.1 Å². The lowest BCUT2D eigenvalue weighted by Gasteiger charge is -2.23. The standard InChI is InChI=1S/C18H18FN3O/c19-16-10-20-6-4-15(16)12-2-1-3-13(8-12)18(23)22-7-5-14-9-21-11-17(14)22/h1-4,6,8,10,14,17,21H,5,7,9,11H2/t14-,17+/m0/s1. The highest BCUT2D eigenvalue weighted by molar-refractivity contribution is 5.96. The molecule has 118 valence electrons. The molecule has 0 spiro atoms. The van der Waals surface area contributed by atoms with Crippen molar-refractivity contribution in [1.29, 1.82) is 0 Å². The van der Waals surface area contributed by atoms with Gasteiger partial charge in [-0.3, -0.25) is 9.78 Å². The summed E-state index contributed by atoms with van der Waals surface area (Å²) in [6, 6.07) is 9.13. The van der Waals surface area contributed by atoms with Crippen molar-refractivity contribution in [1.82, 2.24) is 15.2 Å². The number of carbonyl (C=O) groups is 1. The first-order chi connectivity index (χ1) is 11.2. The van der Waals surface area contributed by atoms with Crippen LogP contribution in [0, 0.1) is 11.7 Å². The first kappa shape index (κ1) is 14.3. The molecule has 2 saturated heterocycles. The van der Waals surface area contributed by atoms with Crippen LogP contribution in [-0.2, 0) is 0 Å². The van der Waals surface area contributed by atoms with E-state index in [1.54, 1.807) is 24.4 Å². The largest absolute Gasteiger partial charge is 0.334 e. The first-order valence-electron chi connectivity index (χ1n) is 7.95. The summed E-state index contributed by atoms with van der Waals surface area (Å²) in [6.45, 7) is 2.68. The number of amides is 1. The molecule has 0 aliphatic carbocycles. The summed E-state index contributed by atoms with van der Waals surface area (Å²) in [5, 5.41) is 3.35. The molecule has 1 N–H and O–H groups in total. The van der Waals surface area contributed by atoms with Crippen molar-refractivity contribution < 1.29 is 9.18 Å². The predicted molar refractivity (Wildman–Crippen MR) is 85.4 cm³/mol. The Hall–Kier alpha value is -2.27. The van der Waals surface area contributed by atoms with E-state index in [1.165, 1.54) is 6.20 Å². The monoisotopic (exact) mass is 311 g/mol. The fourth-order valence-electron chi connectivity index (χ4n) is 3.70. The normalized spacial score (nSPS) is 23.1. The average molecular weight is 311 g/mol. The van der Waals surface area contributed by atoms with Crippen LogP contribution in [0.3, 0.4) is 0 Å². The van der Waals surface area contributed by atoms with Crippen molar-refractivity contribution >= 4 is 5.91 Å². The number of halogens is 1. The van der Waals surface area contributed by atoms with Crippen LogP contribution in [0.5, 0.6) is 0 Å². The Kier molecular flexibility index (Phi) is 3.58. The highest BCUT2D eigenvalue weighted by atomic mass is 19.1. The van der Waals surface area contributed by atoms with Crippen molar-refractivity contribution in [3.8, 4) is 11.1 Å². The molecular formula is C18H18FN3O. The minimum atomic E-state index is -0.377. The number of hydrogen-bond acceptors (Lipinski definition) is 3. The number of carbonyl (C=O) groups excluding carboxylic acids is 1. The Morgan fingerprint density at radius 2 is 2.22 bits per heavy atom. The van der Waals surface area contributed by atoms with E-state index in [4.69, 9.17) is 0 Å². The van der Waals surface area contributed by atoms with Crippen LogP contribution >= 0.6 is 0 Å². The summed E-state index contributed by atoms with van der Waals surface area (Å²) in [5.74, 6) is 0.232. The van der Waals surface area contributed by atoms with E-state index >= 15 is 0 Å². The van der Waals surface area contributed by atoms with Crippen LogP contribution in [0.15, 0.2) is 42.7 Å². The number of benzene rings is 1. The van der Waals surface area contributed by atoms with Gasteiger partial charge < -0.3 is 10.2 Å². The zero-order valence-corrected chi connectivity index (χ0v) is 12.7. The Morgan fingerprint density at radius 1 is 1.30 bits per heavy atom. The molecule has 23 heavy (non-hydrogen) atoms. The third-order valence-corrected chi connectivity index (χ3v) is 4.90. The smallest absolute Gasteiger partial charge is 0.254 e. The topological polar surface area (TPSA) is 45.2 Å². The summed E-state index contributed by atoms with van der Waals surface area (Å²) in [5.41, 5.74) is 1.79. The minimum absolute atomic E-state index is 0.0394. The molecule has 2 aliphatic heterocycles. The van der Waals surface area contributed by atoms with Gasteiger partial charge in [0.25, 0.3) is 5.91 Å². The van der Waals surface area contributed by atoms with Crippen molar-refractivity contribution in [3.63, 3.8) is 0 Å². The maximum Gasteiger partial charge on any atom is 0.254 e. The van der Waals surface area contributed by atoms with E-state index in [-0.39, 0.29) is 11.7 Å². The molecule has 5 heteroatoms. The van der Waals surface area contributed by atoms with Crippen molar-refractivity contribution in [2.24, 2.45) is 5.92 Å². The average Bonchev–Trinajstić information content (AvgIpc) is 3.18. The number of aromatic nitrogens is 1. The van der Waals surface area contributed by atoms with Crippen molar-refractivity contribution in [3.05, 3.63) is 54.1 Å². The first-order valence-corrected chi connectivity index (χ1v) is 7.95. The van der Waals surface area contributed by atoms with Gasteiger partial charge in [-0.2, -0.15) is 0 Å². The summed E-state index contributed by atoms with van der Waals surface area (Å²) in [6.07, 6.45) is 3.81. The van der Waals surface area contributed by atoms with Gasteiger partial charge in [-0.25, -0.2) is 4.39 Å². The molecule has 2 aromatic rings. The number of pyridine rings is 1. The van der Waals surface area contributed by atoms with Crippen molar-refractivity contribution in [2.75, 3.05) is 19.6 Å². The van der Waals surface area contributed by atoms with Gasteiger partial charge in [-0.15, -0.1) is 0 Å². The molecule has 2 aliphatic rings. The highest BCUT2D eigenvalue weighted by Gasteiger charge is 2.40. The Labute approximate surface area is 134 Å². The molecule has 4 nitrogen and oxygen atoms in total. The van der Waals surface area contributed by atoms with E-state index in [1.807, 2.05) is 17.0 Å². The second-order valence-electron chi connectivity index (χ2n) is 6.21. The lowest BCUT2D eigenvalue weighted by atomic mass is 10.0. The van der Waals surface area contributed by atoms with Crippen LogP contribution in [0.1, 0.15) is 16.8 Å². The second kappa shape index (κ2) is 5.74. The highest BCUT2D eigenvalue weighted by Crippen LogP contribution is 2.29. The van der Waals surface area contributed by atoms with Crippen LogP contribution in [-0.4, -0.2) is 41.5 Å². The molecule has 0 unspecified atom stereocenters. The summed E-state index contributed by atoms with van der Waals surface area (Å²) >= 11 is 0. The molecule has 1 aromatic heterocycles. The Morgan fingerprint density at radius 3 is 3.09 bits per heavy atom. The minimum Gasteiger partial charge on any atom is -0.334 e. The zero-order valence-electron chi connectivity index (χ0n) is 12.7. The molecule has 3 heterocycles. The van der Waals surface area contributed by atoms with E-state index in [0.29, 0.717) is 28.7 Å². The molecule has 4 rings (SSSR count). The summed E-state index contributed by atoms with van der Waals surface area (Å²) in [7, 11) is 0. The van der Waals surface area contributed by atoms with E-state index < -0.39 is 0 Å². The maximum absolute atomic E-state index is 13.9. The van der Waals surface area contributed by atoms with Gasteiger partial charge in [-0.1, -0.05) is 12.1 Å². The third-order valence-electron chi connectivity index (χ3n) is 4.90. The van der Waals surface area contributed by atoms with E-state index in [9.17, 15) is 9.18 Å². The van der Waals surface area contributed by atoms with Crippen molar-refractivity contribution in [2.45, 2.75) is 12.5 Å². The maximum atomic E-state index is 13.9. The quantitative estimate of drug-likeness (QED) is 0.926. The van der Waals surface area contributed by atoms with E-state index in [2.05, 4.69) is 10.3 Å². The fourth-order valence-corrected chi connectivity index (χ4v) is 3.70. The number of nitrogens with one attached hydrogen (secondary N) is 1. The van der Waals surface area contributed by atoms with Gasteiger partial charge >= 0.3 is 0 Å².